The number of ether oxygens (including phenoxy) is 1. The van der Waals surface area contributed by atoms with Gasteiger partial charge in [-0.25, -0.2) is 0 Å². The third kappa shape index (κ3) is 3.60. The number of halogens is 1. The van der Waals surface area contributed by atoms with Gasteiger partial charge in [-0.05, 0) is 60.7 Å². The molecular formula is C15H21IN2O3. The molecule has 2 N–H and O–H groups in total. The highest BCUT2D eigenvalue weighted by molar-refractivity contribution is 14.1. The lowest BCUT2D eigenvalue weighted by molar-refractivity contribution is 0.0935. The molecule has 116 valence electrons. The molecular weight excluding hydrogens is 379 g/mol. The normalized spacial score (nSPS) is 18.7. The molecule has 1 atom stereocenters. The predicted octanol–water partition coefficient (Wildman–Crippen LogP) is 2.22. The number of likely N-dealkylation sites (tertiary alicyclic amines) is 1. The van der Waals surface area contributed by atoms with Crippen LogP contribution in [0.5, 0.6) is 11.5 Å². The van der Waals surface area contributed by atoms with Crippen molar-refractivity contribution >= 4 is 28.5 Å². The summed E-state index contributed by atoms with van der Waals surface area (Å²) in [5.74, 6) is 0.0845. The van der Waals surface area contributed by atoms with Gasteiger partial charge in [-0.2, -0.15) is 0 Å². The molecule has 6 heteroatoms. The molecule has 0 aromatic heterocycles. The van der Waals surface area contributed by atoms with Crippen LogP contribution >= 0.6 is 22.6 Å². The summed E-state index contributed by atoms with van der Waals surface area (Å²) < 4.78 is 5.82. The standard InChI is InChI=1S/C15H21IN2O3/c1-3-18-8-4-5-10(18)9-17-15(20)13-12(21-2)7-6-11(16)14(13)19/h6-7,10,19H,3-5,8-9H2,1-2H3,(H,17,20)/t10-/m0/s1/i16-4. The van der Waals surface area contributed by atoms with E-state index >= 15 is 0 Å². The molecule has 0 saturated carbocycles. The van der Waals surface area contributed by atoms with E-state index in [4.69, 9.17) is 4.74 Å². The zero-order valence-corrected chi connectivity index (χ0v) is 14.5. The van der Waals surface area contributed by atoms with E-state index in [0.717, 1.165) is 19.5 Å². The van der Waals surface area contributed by atoms with Crippen LogP contribution in [0.25, 0.3) is 0 Å². The van der Waals surface area contributed by atoms with Crippen molar-refractivity contribution in [2.75, 3.05) is 26.7 Å². The highest BCUT2D eigenvalue weighted by Gasteiger charge is 2.25. The first-order valence-electron chi connectivity index (χ1n) is 7.16. The number of amides is 1. The topological polar surface area (TPSA) is 61.8 Å². The Kier molecular flexibility index (Phi) is 5.69. The first-order chi connectivity index (χ1) is 10.1. The number of methoxy groups -OCH3 is 1. The van der Waals surface area contributed by atoms with Crippen molar-refractivity contribution in [2.24, 2.45) is 0 Å². The number of phenols is 1. The monoisotopic (exact) mass is 400 g/mol. The Labute approximate surface area is 138 Å². The quantitative estimate of drug-likeness (QED) is 0.745. The van der Waals surface area contributed by atoms with Gasteiger partial charge in [-0.15, -0.1) is 0 Å². The second-order valence-electron chi connectivity index (χ2n) is 5.11. The van der Waals surface area contributed by atoms with Crippen LogP contribution in [0.15, 0.2) is 12.1 Å². The lowest BCUT2D eigenvalue weighted by atomic mass is 10.1. The largest absolute Gasteiger partial charge is 0.506 e. The number of carbonyl (C=O) groups excluding carboxylic acids is 1. The van der Waals surface area contributed by atoms with Gasteiger partial charge < -0.3 is 15.2 Å². The molecule has 1 aliphatic heterocycles. The Morgan fingerprint density at radius 1 is 1.57 bits per heavy atom. The number of phenolic OH excluding ortho intramolecular Hbond substituents is 1. The molecule has 1 aliphatic rings. The minimum Gasteiger partial charge on any atom is -0.506 e. The minimum atomic E-state index is -0.286. The molecule has 1 fully saturated rings. The summed E-state index contributed by atoms with van der Waals surface area (Å²) in [6.07, 6.45) is 2.27. The summed E-state index contributed by atoms with van der Waals surface area (Å²) in [5.41, 5.74) is 0.213. The molecule has 5 nitrogen and oxygen atoms in total. The van der Waals surface area contributed by atoms with Crippen molar-refractivity contribution in [1.29, 1.82) is 0 Å². The highest BCUT2D eigenvalue weighted by atomic mass is 123. The number of carbonyl (C=O) groups is 1. The second kappa shape index (κ2) is 7.31. The molecule has 0 aliphatic carbocycles. The minimum absolute atomic E-state index is 0.0220. The summed E-state index contributed by atoms with van der Waals surface area (Å²) in [7, 11) is 1.49. The number of rotatable bonds is 5. The van der Waals surface area contributed by atoms with E-state index in [2.05, 4.69) is 17.1 Å². The van der Waals surface area contributed by atoms with Gasteiger partial charge in [-0.3, -0.25) is 9.69 Å². The van der Waals surface area contributed by atoms with Gasteiger partial charge in [0.25, 0.3) is 5.91 Å². The fraction of sp³-hybridized carbons (Fsp3) is 0.533. The third-order valence-electron chi connectivity index (χ3n) is 3.94. The molecule has 0 unspecified atom stereocenters. The molecule has 0 radical (unpaired) electrons. The molecule has 1 amide bonds. The Morgan fingerprint density at radius 2 is 2.33 bits per heavy atom. The smallest absolute Gasteiger partial charge is 0.258 e. The molecule has 0 spiro atoms. The van der Waals surface area contributed by atoms with Crippen molar-refractivity contribution < 1.29 is 14.6 Å². The third-order valence-corrected chi connectivity index (χ3v) is 4.81. The number of likely N-dealkylation sites (N-methyl/N-ethyl adjacent to an activating group) is 1. The van der Waals surface area contributed by atoms with E-state index in [1.165, 1.54) is 13.5 Å². The first-order valence-corrected chi connectivity index (χ1v) is 8.24. The van der Waals surface area contributed by atoms with Gasteiger partial charge in [0.15, 0.2) is 0 Å². The maximum absolute atomic E-state index is 12.4. The fourth-order valence-corrected chi connectivity index (χ4v) is 3.23. The summed E-state index contributed by atoms with van der Waals surface area (Å²) in [6.45, 7) is 4.82. The number of nitrogens with zero attached hydrogens (tertiary/aromatic N) is 1. The van der Waals surface area contributed by atoms with E-state index in [-0.39, 0.29) is 17.2 Å². The van der Waals surface area contributed by atoms with E-state index in [9.17, 15) is 9.90 Å². The summed E-state index contributed by atoms with van der Waals surface area (Å²) in [5, 5.41) is 13.0. The van der Waals surface area contributed by atoms with Gasteiger partial charge >= 0.3 is 0 Å². The predicted molar refractivity (Wildman–Crippen MR) is 90.0 cm³/mol. The average molecular weight is 400 g/mol. The zero-order valence-electron chi connectivity index (χ0n) is 12.4. The van der Waals surface area contributed by atoms with Crippen LogP contribution in [0.1, 0.15) is 30.1 Å². The Bertz CT molecular complexity index is 522. The summed E-state index contributed by atoms with van der Waals surface area (Å²) in [4.78, 5) is 14.7. The molecule has 1 aromatic carbocycles. The van der Waals surface area contributed by atoms with Crippen molar-refractivity contribution in [3.05, 3.63) is 21.3 Å². The number of hydrogen-bond donors (Lipinski definition) is 2. The molecule has 1 saturated heterocycles. The van der Waals surface area contributed by atoms with Gasteiger partial charge in [0, 0.05) is 12.6 Å². The first kappa shape index (κ1) is 16.4. The van der Waals surface area contributed by atoms with Crippen molar-refractivity contribution in [2.45, 2.75) is 25.8 Å². The zero-order chi connectivity index (χ0) is 15.4. The van der Waals surface area contributed by atoms with Crippen LogP contribution in [-0.2, 0) is 0 Å². The van der Waals surface area contributed by atoms with Crippen LogP contribution in [0, 0.1) is 3.57 Å². The molecule has 21 heavy (non-hydrogen) atoms. The molecule has 2 rings (SSSR count). The number of aromatic hydroxyl groups is 1. The van der Waals surface area contributed by atoms with E-state index in [1.807, 2.05) is 22.6 Å². The molecule has 1 heterocycles. The van der Waals surface area contributed by atoms with Gasteiger partial charge in [0.05, 0.1) is 10.7 Å². The lowest BCUT2D eigenvalue weighted by Crippen LogP contribution is -2.40. The number of benzene rings is 1. The van der Waals surface area contributed by atoms with Crippen LogP contribution in [0.4, 0.5) is 0 Å². The maximum atomic E-state index is 12.4. The van der Waals surface area contributed by atoms with Crippen LogP contribution in [-0.4, -0.2) is 48.7 Å². The van der Waals surface area contributed by atoms with Crippen molar-refractivity contribution in [1.82, 2.24) is 10.2 Å². The van der Waals surface area contributed by atoms with E-state index in [1.54, 1.807) is 12.1 Å². The maximum Gasteiger partial charge on any atom is 0.258 e. The van der Waals surface area contributed by atoms with Gasteiger partial charge in [0.1, 0.15) is 17.1 Å². The number of hydrogen-bond acceptors (Lipinski definition) is 4. The summed E-state index contributed by atoms with van der Waals surface area (Å²) >= 11 is 2.00. The molecule has 1 aromatic rings. The van der Waals surface area contributed by atoms with Crippen molar-refractivity contribution in [3.63, 3.8) is 0 Å². The summed E-state index contributed by atoms with van der Waals surface area (Å²) in [6, 6.07) is 3.81. The van der Waals surface area contributed by atoms with Gasteiger partial charge in [0.2, 0.25) is 0 Å². The highest BCUT2D eigenvalue weighted by Crippen LogP contribution is 2.32. The lowest BCUT2D eigenvalue weighted by Gasteiger charge is -2.23. The fourth-order valence-electron chi connectivity index (χ4n) is 2.78. The van der Waals surface area contributed by atoms with E-state index < -0.39 is 0 Å². The second-order valence-corrected chi connectivity index (χ2v) is 6.27. The average Bonchev–Trinajstić information content (AvgIpc) is 2.94. The Hall–Kier alpha value is -1.02. The van der Waals surface area contributed by atoms with Crippen molar-refractivity contribution in [3.8, 4) is 11.5 Å². The van der Waals surface area contributed by atoms with Gasteiger partial charge in [-0.1, -0.05) is 6.92 Å². The van der Waals surface area contributed by atoms with E-state index in [0.29, 0.717) is 21.9 Å². The van der Waals surface area contributed by atoms with Crippen LogP contribution in [0.3, 0.4) is 0 Å². The van der Waals surface area contributed by atoms with Crippen LogP contribution < -0.4 is 10.1 Å². The molecule has 0 bridgehead atoms. The number of nitrogens with one attached hydrogen (secondary N) is 1. The van der Waals surface area contributed by atoms with Crippen LogP contribution in [0.2, 0.25) is 0 Å². The Morgan fingerprint density at radius 3 is 3.00 bits per heavy atom. The SMILES string of the molecule is CCN1CCC[C@H]1CNC(=O)c1c(OC)ccc([123I])c1O. The Balaban J connectivity index is 2.08.